The fourth-order valence-corrected chi connectivity index (χ4v) is 1.40. The first kappa shape index (κ1) is 10.6. The lowest BCUT2D eigenvalue weighted by atomic mass is 10.1. The maximum atomic E-state index is 13.1. The van der Waals surface area contributed by atoms with Crippen molar-refractivity contribution in [2.45, 2.75) is 6.10 Å². The van der Waals surface area contributed by atoms with Crippen molar-refractivity contribution in [2.24, 2.45) is 0 Å². The van der Waals surface area contributed by atoms with Crippen LogP contribution in [0.3, 0.4) is 0 Å². The first-order valence-electron chi connectivity index (χ1n) is 3.77. The molecule has 1 aromatic rings. The van der Waals surface area contributed by atoms with Gasteiger partial charge in [0.05, 0.1) is 6.61 Å². The molecule has 1 atom stereocenters. The number of ether oxygens (including phenoxy) is 1. The van der Waals surface area contributed by atoms with E-state index in [1.807, 2.05) is 0 Å². The Morgan fingerprint density at radius 2 is 2.31 bits per heavy atom. The lowest BCUT2D eigenvalue weighted by molar-refractivity contribution is 0.0621. The maximum absolute atomic E-state index is 13.1. The van der Waals surface area contributed by atoms with E-state index in [4.69, 9.17) is 4.74 Å². The molecule has 13 heavy (non-hydrogen) atoms. The second kappa shape index (κ2) is 4.69. The molecule has 0 aliphatic rings. The molecule has 0 spiro atoms. The van der Waals surface area contributed by atoms with E-state index >= 15 is 0 Å². The van der Waals surface area contributed by atoms with Crippen LogP contribution in [0.25, 0.3) is 0 Å². The Kier molecular flexibility index (Phi) is 3.84. The molecule has 1 N–H and O–H groups in total. The summed E-state index contributed by atoms with van der Waals surface area (Å²) in [6.45, 7) is 0.0906. The normalized spacial score (nSPS) is 12.9. The number of hydrogen-bond acceptors (Lipinski definition) is 2. The third-order valence-corrected chi connectivity index (χ3v) is 2.13. The van der Waals surface area contributed by atoms with Crippen LogP contribution in [0, 0.1) is 5.82 Å². The van der Waals surface area contributed by atoms with Crippen molar-refractivity contribution in [3.8, 4) is 0 Å². The predicted molar refractivity (Wildman–Crippen MR) is 50.9 cm³/mol. The summed E-state index contributed by atoms with van der Waals surface area (Å²) in [4.78, 5) is 0. The number of halogens is 2. The van der Waals surface area contributed by atoms with E-state index < -0.39 is 11.9 Å². The lowest BCUT2D eigenvalue weighted by Crippen LogP contribution is -2.07. The molecule has 1 unspecified atom stereocenters. The van der Waals surface area contributed by atoms with E-state index in [-0.39, 0.29) is 12.2 Å². The highest BCUT2D eigenvalue weighted by atomic mass is 79.9. The topological polar surface area (TPSA) is 29.5 Å². The summed E-state index contributed by atoms with van der Waals surface area (Å²) in [7, 11) is 1.46. The molecule has 0 aromatic heterocycles. The van der Waals surface area contributed by atoms with Crippen LogP contribution in [0.5, 0.6) is 0 Å². The fourth-order valence-electron chi connectivity index (χ4n) is 1.02. The van der Waals surface area contributed by atoms with Gasteiger partial charge in [-0.25, -0.2) is 4.39 Å². The largest absolute Gasteiger partial charge is 0.386 e. The van der Waals surface area contributed by atoms with E-state index in [2.05, 4.69) is 15.9 Å². The monoisotopic (exact) mass is 248 g/mol. The van der Waals surface area contributed by atoms with Gasteiger partial charge < -0.3 is 9.84 Å². The van der Waals surface area contributed by atoms with Crippen LogP contribution < -0.4 is 0 Å². The minimum atomic E-state index is -0.914. The summed E-state index contributed by atoms with van der Waals surface area (Å²) in [6, 6.07) is 4.43. The summed E-state index contributed by atoms with van der Waals surface area (Å²) in [6.07, 6.45) is -0.914. The molecule has 0 heterocycles. The Labute approximate surface area is 84.5 Å². The Bertz CT molecular complexity index is 291. The van der Waals surface area contributed by atoms with Crippen molar-refractivity contribution in [2.75, 3.05) is 13.7 Å². The average molecular weight is 249 g/mol. The Morgan fingerprint density at radius 3 is 2.92 bits per heavy atom. The zero-order chi connectivity index (χ0) is 9.84. The summed E-state index contributed by atoms with van der Waals surface area (Å²) in [5.74, 6) is -0.423. The zero-order valence-corrected chi connectivity index (χ0v) is 8.71. The molecular weight excluding hydrogens is 239 g/mol. The lowest BCUT2D eigenvalue weighted by Gasteiger charge is -2.10. The minimum Gasteiger partial charge on any atom is -0.386 e. The number of methoxy groups -OCH3 is 1. The number of rotatable bonds is 3. The molecule has 0 saturated heterocycles. The summed E-state index contributed by atoms with van der Waals surface area (Å²) in [5.41, 5.74) is 0.247. The van der Waals surface area contributed by atoms with Gasteiger partial charge in [-0.3, -0.25) is 0 Å². The number of aliphatic hydroxyl groups excluding tert-OH is 1. The smallest absolute Gasteiger partial charge is 0.129 e. The minimum absolute atomic E-state index is 0.0906. The molecule has 0 aliphatic heterocycles. The summed E-state index contributed by atoms with van der Waals surface area (Å²) in [5, 5.41) is 9.44. The molecule has 0 radical (unpaired) electrons. The van der Waals surface area contributed by atoms with Crippen molar-refractivity contribution in [3.05, 3.63) is 34.1 Å². The quantitative estimate of drug-likeness (QED) is 0.890. The number of benzene rings is 1. The molecule has 0 aliphatic carbocycles. The van der Waals surface area contributed by atoms with E-state index in [1.165, 1.54) is 13.2 Å². The van der Waals surface area contributed by atoms with E-state index in [0.717, 1.165) is 4.47 Å². The van der Waals surface area contributed by atoms with Gasteiger partial charge in [0.1, 0.15) is 11.9 Å². The van der Waals surface area contributed by atoms with Crippen LogP contribution in [0.15, 0.2) is 22.7 Å². The van der Waals surface area contributed by atoms with Crippen molar-refractivity contribution in [3.63, 3.8) is 0 Å². The van der Waals surface area contributed by atoms with Gasteiger partial charge in [0, 0.05) is 17.1 Å². The van der Waals surface area contributed by atoms with Gasteiger partial charge in [-0.2, -0.15) is 0 Å². The Hall–Kier alpha value is -0.450. The van der Waals surface area contributed by atoms with Gasteiger partial charge in [0.25, 0.3) is 0 Å². The first-order chi connectivity index (χ1) is 6.15. The molecule has 1 rings (SSSR count). The average Bonchev–Trinajstić information content (AvgIpc) is 2.09. The third kappa shape index (κ3) is 2.76. The van der Waals surface area contributed by atoms with E-state index in [0.29, 0.717) is 0 Å². The molecule has 0 saturated carbocycles. The molecule has 0 fully saturated rings. The predicted octanol–water partition coefficient (Wildman–Crippen LogP) is 2.27. The van der Waals surface area contributed by atoms with Gasteiger partial charge in [0.15, 0.2) is 0 Å². The van der Waals surface area contributed by atoms with Crippen LogP contribution in [-0.4, -0.2) is 18.8 Å². The van der Waals surface area contributed by atoms with Gasteiger partial charge in [-0.1, -0.05) is 15.9 Å². The number of aliphatic hydroxyl groups is 1. The number of hydrogen-bond donors (Lipinski definition) is 1. The SMILES string of the molecule is COCC(O)c1cc(Br)ccc1F. The van der Waals surface area contributed by atoms with Crippen LogP contribution in [-0.2, 0) is 4.74 Å². The van der Waals surface area contributed by atoms with Gasteiger partial charge in [0.2, 0.25) is 0 Å². The molecule has 1 aromatic carbocycles. The molecule has 72 valence electrons. The summed E-state index contributed by atoms with van der Waals surface area (Å²) >= 11 is 3.20. The van der Waals surface area contributed by atoms with Gasteiger partial charge in [-0.05, 0) is 18.2 Å². The zero-order valence-electron chi connectivity index (χ0n) is 7.13. The Morgan fingerprint density at radius 1 is 1.62 bits per heavy atom. The van der Waals surface area contributed by atoms with Crippen LogP contribution >= 0.6 is 15.9 Å². The van der Waals surface area contributed by atoms with Crippen LogP contribution in [0.1, 0.15) is 11.7 Å². The van der Waals surface area contributed by atoms with Crippen molar-refractivity contribution >= 4 is 15.9 Å². The highest BCUT2D eigenvalue weighted by molar-refractivity contribution is 9.10. The first-order valence-corrected chi connectivity index (χ1v) is 4.56. The second-order valence-electron chi connectivity index (χ2n) is 2.64. The highest BCUT2D eigenvalue weighted by Crippen LogP contribution is 2.21. The maximum Gasteiger partial charge on any atom is 0.129 e. The van der Waals surface area contributed by atoms with Crippen molar-refractivity contribution in [1.29, 1.82) is 0 Å². The summed E-state index contributed by atoms with van der Waals surface area (Å²) < 4.78 is 18.6. The fraction of sp³-hybridized carbons (Fsp3) is 0.333. The molecule has 2 nitrogen and oxygen atoms in total. The van der Waals surface area contributed by atoms with Crippen molar-refractivity contribution in [1.82, 2.24) is 0 Å². The molecule has 0 bridgehead atoms. The van der Waals surface area contributed by atoms with Gasteiger partial charge in [-0.15, -0.1) is 0 Å². The van der Waals surface area contributed by atoms with Crippen molar-refractivity contribution < 1.29 is 14.2 Å². The Balaban J connectivity index is 2.91. The van der Waals surface area contributed by atoms with Gasteiger partial charge >= 0.3 is 0 Å². The van der Waals surface area contributed by atoms with Crippen LogP contribution in [0.2, 0.25) is 0 Å². The van der Waals surface area contributed by atoms with Crippen LogP contribution in [0.4, 0.5) is 4.39 Å². The standard InChI is InChI=1S/C9H10BrFO2/c1-13-5-9(12)7-4-6(10)2-3-8(7)11/h2-4,9,12H,5H2,1H3. The third-order valence-electron chi connectivity index (χ3n) is 1.64. The molecular formula is C9H10BrFO2. The molecule has 0 amide bonds. The second-order valence-corrected chi connectivity index (χ2v) is 3.55. The highest BCUT2D eigenvalue weighted by Gasteiger charge is 2.12. The molecule has 4 heteroatoms. The van der Waals surface area contributed by atoms with E-state index in [9.17, 15) is 9.50 Å². The van der Waals surface area contributed by atoms with E-state index in [1.54, 1.807) is 12.1 Å².